The maximum absolute atomic E-state index is 5.31. The van der Waals surface area contributed by atoms with Crippen molar-refractivity contribution in [2.75, 3.05) is 0 Å². The molecule has 0 atom stereocenters. The zero-order valence-corrected chi connectivity index (χ0v) is 8.45. The summed E-state index contributed by atoms with van der Waals surface area (Å²) in [4.78, 5) is 1.58. The van der Waals surface area contributed by atoms with Crippen molar-refractivity contribution in [3.05, 3.63) is 55.1 Å². The Morgan fingerprint density at radius 3 is 2.31 bits per heavy atom. The molecule has 0 aliphatic heterocycles. The molecule has 0 radical (unpaired) electrons. The Bertz CT molecular complexity index is 500. The number of nitrogens with zero attached hydrogens (tertiary/aromatic N) is 3. The van der Waals surface area contributed by atoms with Crippen molar-refractivity contribution >= 4 is 0 Å². The summed E-state index contributed by atoms with van der Waals surface area (Å²) >= 11 is 0. The smallest absolute Gasteiger partial charge is 0.133 e. The molecule has 0 N–H and O–H groups in total. The Balaban J connectivity index is 1.97. The van der Waals surface area contributed by atoms with Crippen LogP contribution in [0.1, 0.15) is 0 Å². The molecule has 0 amide bonds. The zero-order chi connectivity index (χ0) is 10.8. The average Bonchev–Trinajstić information content (AvgIpc) is 3.03. The van der Waals surface area contributed by atoms with Crippen LogP contribution in [0.25, 0.3) is 17.0 Å². The monoisotopic (exact) mass is 211 g/mol. The standard InChI is InChI=1S/C12H9N3O/c1-2-12(16-9-1)10-3-5-11(6-4-10)15-13-7-8-14-15/h1-9H. The number of rotatable bonds is 2. The number of furan rings is 1. The molecule has 0 aliphatic carbocycles. The molecule has 0 bridgehead atoms. The van der Waals surface area contributed by atoms with Gasteiger partial charge >= 0.3 is 0 Å². The van der Waals surface area contributed by atoms with Gasteiger partial charge in [0.25, 0.3) is 0 Å². The quantitative estimate of drug-likeness (QED) is 0.654. The Morgan fingerprint density at radius 1 is 0.938 bits per heavy atom. The van der Waals surface area contributed by atoms with Crippen molar-refractivity contribution in [2.24, 2.45) is 0 Å². The van der Waals surface area contributed by atoms with Crippen molar-refractivity contribution < 1.29 is 4.42 Å². The van der Waals surface area contributed by atoms with Crippen molar-refractivity contribution in [3.63, 3.8) is 0 Å². The topological polar surface area (TPSA) is 43.9 Å². The summed E-state index contributed by atoms with van der Waals surface area (Å²) in [5.74, 6) is 0.861. The van der Waals surface area contributed by atoms with Crippen LogP contribution in [0.3, 0.4) is 0 Å². The number of hydrogen-bond acceptors (Lipinski definition) is 3. The normalized spacial score (nSPS) is 10.5. The predicted molar refractivity (Wildman–Crippen MR) is 59.1 cm³/mol. The fourth-order valence-electron chi connectivity index (χ4n) is 1.55. The molecule has 0 fully saturated rings. The van der Waals surface area contributed by atoms with Crippen molar-refractivity contribution in [2.45, 2.75) is 0 Å². The lowest BCUT2D eigenvalue weighted by atomic mass is 10.1. The summed E-state index contributed by atoms with van der Waals surface area (Å²) in [6, 6.07) is 11.7. The van der Waals surface area contributed by atoms with Crippen molar-refractivity contribution in [1.29, 1.82) is 0 Å². The van der Waals surface area contributed by atoms with E-state index in [-0.39, 0.29) is 0 Å². The minimum absolute atomic E-state index is 0.861. The van der Waals surface area contributed by atoms with Crippen LogP contribution >= 0.6 is 0 Å². The molecule has 78 valence electrons. The van der Waals surface area contributed by atoms with Crippen LogP contribution in [0, 0.1) is 0 Å². The van der Waals surface area contributed by atoms with Crippen LogP contribution in [0.4, 0.5) is 0 Å². The number of benzene rings is 1. The van der Waals surface area contributed by atoms with E-state index in [1.165, 1.54) is 0 Å². The first-order chi connectivity index (χ1) is 7.93. The second kappa shape index (κ2) is 3.66. The molecule has 4 nitrogen and oxygen atoms in total. The molecule has 2 aromatic heterocycles. The lowest BCUT2D eigenvalue weighted by molar-refractivity contribution is 0.582. The van der Waals surface area contributed by atoms with Crippen molar-refractivity contribution in [1.82, 2.24) is 15.0 Å². The summed E-state index contributed by atoms with van der Waals surface area (Å²) in [7, 11) is 0. The van der Waals surface area contributed by atoms with Gasteiger partial charge in [-0.25, -0.2) is 0 Å². The first kappa shape index (κ1) is 8.91. The summed E-state index contributed by atoms with van der Waals surface area (Å²) in [6.45, 7) is 0. The van der Waals surface area contributed by atoms with E-state index in [1.54, 1.807) is 23.5 Å². The highest BCUT2D eigenvalue weighted by Crippen LogP contribution is 2.20. The van der Waals surface area contributed by atoms with E-state index in [4.69, 9.17) is 4.42 Å². The van der Waals surface area contributed by atoms with Crippen LogP contribution in [0.2, 0.25) is 0 Å². The van der Waals surface area contributed by atoms with Gasteiger partial charge in [0.1, 0.15) is 5.76 Å². The van der Waals surface area contributed by atoms with E-state index in [0.29, 0.717) is 0 Å². The SMILES string of the molecule is c1coc(-c2ccc(-n3nccn3)cc2)c1. The average molecular weight is 211 g/mol. The second-order valence-corrected chi connectivity index (χ2v) is 3.34. The van der Waals surface area contributed by atoms with Gasteiger partial charge in [-0.15, -0.1) is 0 Å². The van der Waals surface area contributed by atoms with E-state index < -0.39 is 0 Å². The Morgan fingerprint density at radius 2 is 1.69 bits per heavy atom. The highest BCUT2D eigenvalue weighted by molar-refractivity contribution is 5.58. The Labute approximate surface area is 92.1 Å². The van der Waals surface area contributed by atoms with Crippen LogP contribution in [0.15, 0.2) is 59.5 Å². The summed E-state index contributed by atoms with van der Waals surface area (Å²) in [5, 5.41) is 8.12. The number of aromatic nitrogens is 3. The summed E-state index contributed by atoms with van der Waals surface area (Å²) in [6.07, 6.45) is 4.97. The third kappa shape index (κ3) is 1.50. The molecule has 0 aliphatic rings. The van der Waals surface area contributed by atoms with Crippen molar-refractivity contribution in [3.8, 4) is 17.0 Å². The minimum Gasteiger partial charge on any atom is -0.464 e. The molecule has 0 saturated carbocycles. The highest BCUT2D eigenvalue weighted by atomic mass is 16.3. The largest absolute Gasteiger partial charge is 0.464 e. The Hall–Kier alpha value is -2.36. The van der Waals surface area contributed by atoms with Gasteiger partial charge < -0.3 is 4.42 Å². The van der Waals surface area contributed by atoms with Gasteiger partial charge in [-0.1, -0.05) is 0 Å². The van der Waals surface area contributed by atoms with Gasteiger partial charge in [-0.2, -0.15) is 15.0 Å². The van der Waals surface area contributed by atoms with E-state index in [9.17, 15) is 0 Å². The van der Waals surface area contributed by atoms with Gasteiger partial charge in [0.15, 0.2) is 0 Å². The van der Waals surface area contributed by atoms with Crippen LogP contribution in [-0.4, -0.2) is 15.0 Å². The summed E-state index contributed by atoms with van der Waals surface area (Å²) < 4.78 is 5.31. The van der Waals surface area contributed by atoms with Crippen LogP contribution in [0.5, 0.6) is 0 Å². The highest BCUT2D eigenvalue weighted by Gasteiger charge is 2.01. The predicted octanol–water partition coefficient (Wildman–Crippen LogP) is 2.53. The third-order valence-electron chi connectivity index (χ3n) is 2.32. The first-order valence-corrected chi connectivity index (χ1v) is 4.94. The fourth-order valence-corrected chi connectivity index (χ4v) is 1.55. The lowest BCUT2D eigenvalue weighted by Crippen LogP contribution is -1.97. The molecule has 3 aromatic rings. The molecule has 0 saturated heterocycles. The van der Waals surface area contributed by atoms with Crippen LogP contribution < -0.4 is 0 Å². The molecule has 2 heterocycles. The van der Waals surface area contributed by atoms with Gasteiger partial charge in [0.05, 0.1) is 24.3 Å². The van der Waals surface area contributed by atoms with E-state index in [0.717, 1.165) is 17.0 Å². The van der Waals surface area contributed by atoms with Gasteiger partial charge in [-0.3, -0.25) is 0 Å². The molecule has 4 heteroatoms. The molecular formula is C12H9N3O. The molecule has 0 spiro atoms. The van der Waals surface area contributed by atoms with E-state index >= 15 is 0 Å². The number of hydrogen-bond donors (Lipinski definition) is 0. The molecule has 16 heavy (non-hydrogen) atoms. The lowest BCUT2D eigenvalue weighted by Gasteiger charge is -2.00. The maximum Gasteiger partial charge on any atom is 0.133 e. The molecule has 3 rings (SSSR count). The maximum atomic E-state index is 5.31. The molecule has 1 aromatic carbocycles. The first-order valence-electron chi connectivity index (χ1n) is 4.94. The Kier molecular flexibility index (Phi) is 2.04. The van der Waals surface area contributed by atoms with E-state index in [2.05, 4.69) is 10.2 Å². The summed E-state index contributed by atoms with van der Waals surface area (Å²) in [5.41, 5.74) is 1.97. The molecule has 0 unspecified atom stereocenters. The van der Waals surface area contributed by atoms with Gasteiger partial charge in [0.2, 0.25) is 0 Å². The molecular weight excluding hydrogens is 202 g/mol. The van der Waals surface area contributed by atoms with Gasteiger partial charge in [-0.05, 0) is 36.4 Å². The fraction of sp³-hybridized carbons (Fsp3) is 0. The van der Waals surface area contributed by atoms with Crippen LogP contribution in [-0.2, 0) is 0 Å². The van der Waals surface area contributed by atoms with Gasteiger partial charge in [0, 0.05) is 5.56 Å². The second-order valence-electron chi connectivity index (χ2n) is 3.34. The zero-order valence-electron chi connectivity index (χ0n) is 8.45. The third-order valence-corrected chi connectivity index (χ3v) is 2.32. The minimum atomic E-state index is 0.861. The van der Waals surface area contributed by atoms with E-state index in [1.807, 2.05) is 36.4 Å².